The molecule has 6 heteroatoms. The van der Waals surface area contributed by atoms with Crippen LogP contribution in [-0.4, -0.2) is 48.6 Å². The fourth-order valence-electron chi connectivity index (χ4n) is 3.88. The number of nitrogens with one attached hydrogen (secondary N) is 1. The van der Waals surface area contributed by atoms with Crippen molar-refractivity contribution in [1.29, 1.82) is 0 Å². The van der Waals surface area contributed by atoms with Crippen LogP contribution in [-0.2, 0) is 13.1 Å². The lowest BCUT2D eigenvalue weighted by molar-refractivity contribution is 0.126. The summed E-state index contributed by atoms with van der Waals surface area (Å²) >= 11 is 0. The number of piperidine rings is 1. The fourth-order valence-corrected chi connectivity index (χ4v) is 3.88. The number of hydrogen-bond acceptors (Lipinski definition) is 3. The third kappa shape index (κ3) is 6.95. The molecule has 1 saturated heterocycles. The van der Waals surface area contributed by atoms with E-state index in [0.717, 1.165) is 42.8 Å². The summed E-state index contributed by atoms with van der Waals surface area (Å²) < 4.78 is 20.3. The van der Waals surface area contributed by atoms with Gasteiger partial charge in [-0.2, -0.15) is 0 Å². The fraction of sp³-hybridized carbons (Fsp3) is 0.500. The van der Waals surface area contributed by atoms with Crippen LogP contribution < -0.4 is 10.1 Å². The minimum Gasteiger partial charge on any atom is -0.493 e. The van der Waals surface area contributed by atoms with Crippen molar-refractivity contribution in [3.8, 4) is 5.75 Å². The topological polar surface area (TPSA) is 44.8 Å². The maximum Gasteiger partial charge on any atom is 0.318 e. The molecule has 0 aromatic heterocycles. The minimum atomic E-state index is -0.257. The van der Waals surface area contributed by atoms with Gasteiger partial charge in [-0.25, -0.2) is 9.18 Å². The lowest BCUT2D eigenvalue weighted by Gasteiger charge is -2.37. The lowest BCUT2D eigenvalue weighted by atomic mass is 10.0. The van der Waals surface area contributed by atoms with Gasteiger partial charge in [-0.15, -0.1) is 0 Å². The Hall–Kier alpha value is -2.60. The number of amides is 2. The predicted octanol–water partition coefficient (Wildman–Crippen LogP) is 4.97. The normalized spacial score (nSPS) is 15.1. The second kappa shape index (κ2) is 11.3. The van der Waals surface area contributed by atoms with Crippen LogP contribution in [0.15, 0.2) is 42.5 Å². The molecule has 5 nitrogen and oxygen atoms in total. The Labute approximate surface area is 191 Å². The summed E-state index contributed by atoms with van der Waals surface area (Å²) in [4.78, 5) is 17.3. The third-order valence-electron chi connectivity index (χ3n) is 5.89. The van der Waals surface area contributed by atoms with Crippen molar-refractivity contribution in [1.82, 2.24) is 15.1 Å². The summed E-state index contributed by atoms with van der Waals surface area (Å²) in [5, 5.41) is 3.04. The molecule has 0 saturated carbocycles. The molecule has 0 unspecified atom stereocenters. The van der Waals surface area contributed by atoms with Gasteiger partial charge in [-0.3, -0.25) is 0 Å². The molecule has 1 heterocycles. The SMILES string of the molecule is Cc1ccc(CN(C(=O)NCc2ccc(OCC(C)C)cc2)C2CCN(C)CC2)c(F)c1. The van der Waals surface area contributed by atoms with E-state index in [2.05, 4.69) is 31.1 Å². The number of benzene rings is 2. The van der Waals surface area contributed by atoms with Crippen LogP contribution >= 0.6 is 0 Å². The van der Waals surface area contributed by atoms with Gasteiger partial charge in [-0.05, 0) is 75.1 Å². The van der Waals surface area contributed by atoms with Crippen molar-refractivity contribution in [3.63, 3.8) is 0 Å². The molecular weight excluding hydrogens is 405 g/mol. The molecule has 2 aromatic rings. The van der Waals surface area contributed by atoms with E-state index in [-0.39, 0.29) is 24.4 Å². The first kappa shape index (κ1) is 24.1. The van der Waals surface area contributed by atoms with E-state index in [1.807, 2.05) is 37.3 Å². The second-order valence-electron chi connectivity index (χ2n) is 9.26. The number of rotatable bonds is 8. The van der Waals surface area contributed by atoms with Gasteiger partial charge in [0.25, 0.3) is 0 Å². The van der Waals surface area contributed by atoms with Gasteiger partial charge in [0, 0.05) is 18.2 Å². The maximum absolute atomic E-state index is 14.5. The van der Waals surface area contributed by atoms with Gasteiger partial charge < -0.3 is 19.9 Å². The van der Waals surface area contributed by atoms with Gasteiger partial charge in [0.2, 0.25) is 0 Å². The number of likely N-dealkylation sites (tertiary alicyclic amines) is 1. The zero-order chi connectivity index (χ0) is 23.1. The van der Waals surface area contributed by atoms with Crippen molar-refractivity contribution in [3.05, 3.63) is 65.0 Å². The van der Waals surface area contributed by atoms with Crippen molar-refractivity contribution in [2.24, 2.45) is 5.92 Å². The Morgan fingerprint density at radius 1 is 1.19 bits per heavy atom. The number of hydrogen-bond donors (Lipinski definition) is 1. The summed E-state index contributed by atoms with van der Waals surface area (Å²) in [5.41, 5.74) is 2.43. The highest BCUT2D eigenvalue weighted by Gasteiger charge is 2.27. The van der Waals surface area contributed by atoms with Crippen LogP contribution in [0.4, 0.5) is 9.18 Å². The average molecular weight is 442 g/mol. The molecule has 0 radical (unpaired) electrons. The van der Waals surface area contributed by atoms with E-state index >= 15 is 0 Å². The van der Waals surface area contributed by atoms with Crippen LogP contribution in [0.3, 0.4) is 0 Å². The third-order valence-corrected chi connectivity index (χ3v) is 5.89. The predicted molar refractivity (Wildman–Crippen MR) is 126 cm³/mol. The molecule has 174 valence electrons. The molecule has 0 bridgehead atoms. The number of halogens is 1. The maximum atomic E-state index is 14.5. The molecule has 0 atom stereocenters. The lowest BCUT2D eigenvalue weighted by Crippen LogP contribution is -2.49. The monoisotopic (exact) mass is 441 g/mol. The van der Waals surface area contributed by atoms with Gasteiger partial charge in [0.15, 0.2) is 0 Å². The highest BCUT2D eigenvalue weighted by Crippen LogP contribution is 2.21. The summed E-state index contributed by atoms with van der Waals surface area (Å²) in [6.07, 6.45) is 1.78. The van der Waals surface area contributed by atoms with Gasteiger partial charge in [0.05, 0.1) is 13.2 Å². The molecular formula is C26H36FN3O2. The Morgan fingerprint density at radius 2 is 1.88 bits per heavy atom. The van der Waals surface area contributed by atoms with Gasteiger partial charge in [-0.1, -0.05) is 38.1 Å². The Balaban J connectivity index is 1.65. The molecule has 0 spiro atoms. The van der Waals surface area contributed by atoms with Crippen molar-refractivity contribution in [2.45, 2.75) is 52.7 Å². The second-order valence-corrected chi connectivity index (χ2v) is 9.26. The number of urea groups is 1. The number of ether oxygens (including phenoxy) is 1. The van der Waals surface area contributed by atoms with E-state index in [4.69, 9.17) is 4.74 Å². The summed E-state index contributed by atoms with van der Waals surface area (Å²) in [7, 11) is 2.09. The van der Waals surface area contributed by atoms with Gasteiger partial charge in [0.1, 0.15) is 11.6 Å². The Morgan fingerprint density at radius 3 is 2.50 bits per heavy atom. The molecule has 2 aromatic carbocycles. The van der Waals surface area contributed by atoms with Gasteiger partial charge >= 0.3 is 6.03 Å². The largest absolute Gasteiger partial charge is 0.493 e. The first-order chi connectivity index (χ1) is 15.3. The van der Waals surface area contributed by atoms with Crippen molar-refractivity contribution < 1.29 is 13.9 Å². The van der Waals surface area contributed by atoms with E-state index in [1.54, 1.807) is 11.0 Å². The summed E-state index contributed by atoms with van der Waals surface area (Å²) in [5.74, 6) is 1.04. The average Bonchev–Trinajstić information content (AvgIpc) is 2.77. The number of nitrogens with zero attached hydrogens (tertiary/aromatic N) is 2. The standard InChI is InChI=1S/C26H36FN3O2/c1-19(2)18-32-24-9-6-21(7-10-24)16-28-26(31)30(23-11-13-29(4)14-12-23)17-22-8-5-20(3)15-25(22)27/h5-10,15,19,23H,11-14,16-18H2,1-4H3,(H,28,31). The van der Waals surface area contributed by atoms with Crippen LogP contribution in [0, 0.1) is 18.7 Å². The zero-order valence-electron chi connectivity index (χ0n) is 19.7. The number of carbonyl (C=O) groups excluding carboxylic acids is 1. The molecule has 2 amide bonds. The highest BCUT2D eigenvalue weighted by molar-refractivity contribution is 5.74. The minimum absolute atomic E-state index is 0.0960. The van der Waals surface area contributed by atoms with Crippen LogP contribution in [0.2, 0.25) is 0 Å². The van der Waals surface area contributed by atoms with E-state index in [0.29, 0.717) is 24.6 Å². The van der Waals surface area contributed by atoms with Crippen LogP contribution in [0.25, 0.3) is 0 Å². The summed E-state index contributed by atoms with van der Waals surface area (Å²) in [6.45, 7) is 9.33. The quantitative estimate of drug-likeness (QED) is 0.629. The van der Waals surface area contributed by atoms with Crippen LogP contribution in [0.5, 0.6) is 5.75 Å². The molecule has 1 N–H and O–H groups in total. The Bertz CT molecular complexity index is 877. The number of carbonyl (C=O) groups is 1. The smallest absolute Gasteiger partial charge is 0.318 e. The highest BCUT2D eigenvalue weighted by atomic mass is 19.1. The molecule has 0 aliphatic carbocycles. The van der Waals surface area contributed by atoms with E-state index in [9.17, 15) is 9.18 Å². The number of aryl methyl sites for hydroxylation is 1. The Kier molecular flexibility index (Phi) is 8.51. The first-order valence-corrected chi connectivity index (χ1v) is 11.5. The van der Waals surface area contributed by atoms with E-state index < -0.39 is 0 Å². The molecule has 1 aliphatic rings. The van der Waals surface area contributed by atoms with E-state index in [1.165, 1.54) is 6.07 Å². The van der Waals surface area contributed by atoms with Crippen LogP contribution in [0.1, 0.15) is 43.4 Å². The molecule has 1 fully saturated rings. The molecule has 3 rings (SSSR count). The van der Waals surface area contributed by atoms with Crippen molar-refractivity contribution in [2.75, 3.05) is 26.7 Å². The molecule has 32 heavy (non-hydrogen) atoms. The zero-order valence-corrected chi connectivity index (χ0v) is 19.7. The molecule has 1 aliphatic heterocycles. The van der Waals surface area contributed by atoms with Crippen molar-refractivity contribution >= 4 is 6.03 Å². The first-order valence-electron chi connectivity index (χ1n) is 11.5. The summed E-state index contributed by atoms with van der Waals surface area (Å²) in [6, 6.07) is 13.0.